The summed E-state index contributed by atoms with van der Waals surface area (Å²) < 4.78 is 5.24. The van der Waals surface area contributed by atoms with Crippen LogP contribution in [0.1, 0.15) is 5.56 Å². The molecule has 0 unspecified atom stereocenters. The van der Waals surface area contributed by atoms with Gasteiger partial charge in [0, 0.05) is 0 Å². The van der Waals surface area contributed by atoms with Gasteiger partial charge in [-0.05, 0) is 46.5 Å². The predicted molar refractivity (Wildman–Crippen MR) is 86.1 cm³/mol. The molecule has 3 nitrogen and oxygen atoms in total. The Morgan fingerprint density at radius 1 is 1.00 bits per heavy atom. The molecule has 0 atom stereocenters. The summed E-state index contributed by atoms with van der Waals surface area (Å²) in [4.78, 5) is 0. The molecule has 0 saturated heterocycles. The molecule has 1 aromatic heterocycles. The molecule has 3 aromatic carbocycles. The summed E-state index contributed by atoms with van der Waals surface area (Å²) in [5.41, 5.74) is 10.1. The van der Waals surface area contributed by atoms with Crippen molar-refractivity contribution in [2.24, 2.45) is 0 Å². The maximum Gasteiger partial charge on any atom is 0.175 e. The van der Waals surface area contributed by atoms with Crippen LogP contribution >= 0.6 is 0 Å². The normalized spacial score (nSPS) is 11.3. The molecule has 21 heavy (non-hydrogen) atoms. The molecule has 0 aliphatic carbocycles. The number of nitrogen functional groups attached to an aromatic ring is 1. The maximum atomic E-state index is 5.95. The zero-order chi connectivity index (χ0) is 14.4. The van der Waals surface area contributed by atoms with E-state index in [0.29, 0.717) is 11.4 Å². The summed E-state index contributed by atoms with van der Waals surface area (Å²) in [5.74, 6) is 0.435. The molecule has 0 spiro atoms. The second-order valence-electron chi connectivity index (χ2n) is 5.26. The first-order chi connectivity index (χ1) is 10.2. The van der Waals surface area contributed by atoms with E-state index in [4.69, 9.17) is 10.3 Å². The molecule has 0 radical (unpaired) electrons. The van der Waals surface area contributed by atoms with Crippen LogP contribution in [0.15, 0.2) is 59.1 Å². The molecule has 3 heteroatoms. The second kappa shape index (κ2) is 4.35. The lowest BCUT2D eigenvalue weighted by Crippen LogP contribution is -1.87. The highest BCUT2D eigenvalue weighted by atomic mass is 16.5. The van der Waals surface area contributed by atoms with Crippen LogP contribution in [-0.2, 0) is 0 Å². The van der Waals surface area contributed by atoms with E-state index < -0.39 is 0 Å². The number of hydrogen-bond donors (Lipinski definition) is 1. The van der Waals surface area contributed by atoms with E-state index in [1.807, 2.05) is 18.2 Å². The Kier molecular flexibility index (Phi) is 2.48. The van der Waals surface area contributed by atoms with Crippen LogP contribution in [0.3, 0.4) is 0 Å². The van der Waals surface area contributed by atoms with Crippen molar-refractivity contribution in [3.63, 3.8) is 0 Å². The first-order valence-electron chi connectivity index (χ1n) is 6.88. The van der Waals surface area contributed by atoms with Crippen LogP contribution in [0, 0.1) is 6.92 Å². The van der Waals surface area contributed by atoms with Gasteiger partial charge in [-0.2, -0.15) is 0 Å². The largest absolute Gasteiger partial charge is 0.380 e. The number of nitrogens with two attached hydrogens (primary N) is 1. The highest BCUT2D eigenvalue weighted by Crippen LogP contribution is 2.34. The molecule has 0 aliphatic heterocycles. The van der Waals surface area contributed by atoms with Gasteiger partial charge in [-0.1, -0.05) is 47.6 Å². The Labute approximate surface area is 122 Å². The lowest BCUT2D eigenvalue weighted by molar-refractivity contribution is 0.460. The van der Waals surface area contributed by atoms with Crippen LogP contribution in [0.4, 0.5) is 5.82 Å². The van der Waals surface area contributed by atoms with Gasteiger partial charge < -0.3 is 10.3 Å². The molecule has 0 fully saturated rings. The Bertz CT molecular complexity index is 969. The molecule has 2 N–H and O–H groups in total. The first-order valence-corrected chi connectivity index (χ1v) is 6.88. The van der Waals surface area contributed by atoms with E-state index in [1.54, 1.807) is 0 Å². The van der Waals surface area contributed by atoms with E-state index in [0.717, 1.165) is 16.5 Å². The van der Waals surface area contributed by atoms with Gasteiger partial charge in [0.25, 0.3) is 0 Å². The van der Waals surface area contributed by atoms with Crippen molar-refractivity contribution in [2.45, 2.75) is 6.92 Å². The summed E-state index contributed by atoms with van der Waals surface area (Å²) >= 11 is 0. The minimum atomic E-state index is 0.435. The number of benzene rings is 3. The summed E-state index contributed by atoms with van der Waals surface area (Å²) in [6.07, 6.45) is 0. The predicted octanol–water partition coefficient (Wildman–Crippen LogP) is 4.54. The number of fused-ring (bicyclic) bond motifs is 2. The summed E-state index contributed by atoms with van der Waals surface area (Å²) in [5, 5.41) is 7.23. The average molecular weight is 274 g/mol. The molecule has 0 amide bonds. The number of nitrogens with zero attached hydrogens (tertiary/aromatic N) is 1. The van der Waals surface area contributed by atoms with E-state index in [-0.39, 0.29) is 0 Å². The topological polar surface area (TPSA) is 52.0 Å². The molecule has 102 valence electrons. The zero-order valence-corrected chi connectivity index (χ0v) is 11.6. The molecule has 1 heterocycles. The third kappa shape index (κ3) is 1.78. The van der Waals surface area contributed by atoms with Gasteiger partial charge in [-0.25, -0.2) is 0 Å². The monoisotopic (exact) mass is 274 g/mol. The minimum absolute atomic E-state index is 0.435. The van der Waals surface area contributed by atoms with Crippen molar-refractivity contribution >= 4 is 27.6 Å². The minimum Gasteiger partial charge on any atom is -0.380 e. The van der Waals surface area contributed by atoms with Crippen LogP contribution in [0.2, 0.25) is 0 Å². The standard InChI is InChI=1S/C18H14N2O/c1-11-4-2-5-12-10-13(8-9-14(11)12)15-6-3-7-16-17(15)18(19)20-21-16/h2-10H,1H3,(H2,19,20). The molecule has 4 aromatic rings. The fourth-order valence-electron chi connectivity index (χ4n) is 2.87. The quantitative estimate of drug-likeness (QED) is 0.554. The molecule has 0 aliphatic rings. The highest BCUT2D eigenvalue weighted by molar-refractivity contribution is 6.02. The molecular weight excluding hydrogens is 260 g/mol. The number of hydrogen-bond acceptors (Lipinski definition) is 3. The van der Waals surface area contributed by atoms with E-state index >= 15 is 0 Å². The van der Waals surface area contributed by atoms with E-state index in [9.17, 15) is 0 Å². The Balaban J connectivity index is 2.02. The lowest BCUT2D eigenvalue weighted by Gasteiger charge is -2.07. The van der Waals surface area contributed by atoms with Gasteiger partial charge in [-0.15, -0.1) is 0 Å². The SMILES string of the molecule is Cc1cccc2cc(-c3cccc4onc(N)c34)ccc12. The first kappa shape index (κ1) is 12.0. The van der Waals surface area contributed by atoms with Gasteiger partial charge >= 0.3 is 0 Å². The fraction of sp³-hybridized carbons (Fsp3) is 0.0556. The van der Waals surface area contributed by atoms with Gasteiger partial charge in [0.1, 0.15) is 0 Å². The Morgan fingerprint density at radius 3 is 2.76 bits per heavy atom. The second-order valence-corrected chi connectivity index (χ2v) is 5.26. The van der Waals surface area contributed by atoms with Gasteiger partial charge in [-0.3, -0.25) is 0 Å². The maximum absolute atomic E-state index is 5.95. The van der Waals surface area contributed by atoms with Crippen LogP contribution in [-0.4, -0.2) is 5.16 Å². The van der Waals surface area contributed by atoms with Crippen molar-refractivity contribution in [1.29, 1.82) is 0 Å². The van der Waals surface area contributed by atoms with Crippen molar-refractivity contribution in [3.05, 3.63) is 60.2 Å². The highest BCUT2D eigenvalue weighted by Gasteiger charge is 2.11. The smallest absolute Gasteiger partial charge is 0.175 e. The molecule has 4 rings (SSSR count). The molecule has 0 saturated carbocycles. The van der Waals surface area contributed by atoms with Gasteiger partial charge in [0.15, 0.2) is 11.4 Å². The number of aromatic nitrogens is 1. The van der Waals surface area contributed by atoms with Crippen molar-refractivity contribution < 1.29 is 4.52 Å². The number of anilines is 1. The summed E-state index contributed by atoms with van der Waals surface area (Å²) in [7, 11) is 0. The van der Waals surface area contributed by atoms with E-state index in [1.165, 1.54) is 16.3 Å². The Morgan fingerprint density at radius 2 is 1.86 bits per heavy atom. The average Bonchev–Trinajstić information content (AvgIpc) is 2.89. The van der Waals surface area contributed by atoms with E-state index in [2.05, 4.69) is 48.5 Å². The molecule has 0 bridgehead atoms. The third-order valence-corrected chi connectivity index (χ3v) is 3.93. The summed E-state index contributed by atoms with van der Waals surface area (Å²) in [6, 6.07) is 18.7. The lowest BCUT2D eigenvalue weighted by atomic mass is 9.97. The third-order valence-electron chi connectivity index (χ3n) is 3.93. The van der Waals surface area contributed by atoms with Crippen molar-refractivity contribution in [3.8, 4) is 11.1 Å². The van der Waals surface area contributed by atoms with Gasteiger partial charge in [0.05, 0.1) is 5.39 Å². The van der Waals surface area contributed by atoms with Crippen molar-refractivity contribution in [2.75, 3.05) is 5.73 Å². The van der Waals surface area contributed by atoms with Crippen molar-refractivity contribution in [1.82, 2.24) is 5.16 Å². The number of aryl methyl sites for hydroxylation is 1. The van der Waals surface area contributed by atoms with Gasteiger partial charge in [0.2, 0.25) is 0 Å². The zero-order valence-electron chi connectivity index (χ0n) is 11.6. The van der Waals surface area contributed by atoms with Crippen LogP contribution in [0.25, 0.3) is 32.9 Å². The summed E-state index contributed by atoms with van der Waals surface area (Å²) in [6.45, 7) is 2.13. The Hall–Kier alpha value is -2.81. The molecular formula is C18H14N2O. The van der Waals surface area contributed by atoms with Crippen LogP contribution < -0.4 is 5.73 Å². The fourth-order valence-corrected chi connectivity index (χ4v) is 2.87. The van der Waals surface area contributed by atoms with Crippen LogP contribution in [0.5, 0.6) is 0 Å². The number of rotatable bonds is 1.